The number of carbonyl (C=O) groups is 2. The molecular formula is C17H23N7O2. The van der Waals surface area contributed by atoms with Crippen LogP contribution >= 0.6 is 0 Å². The first kappa shape index (κ1) is 18.0. The van der Waals surface area contributed by atoms with Gasteiger partial charge in [0.15, 0.2) is 0 Å². The third-order valence-corrected chi connectivity index (χ3v) is 4.93. The molecule has 3 rings (SSSR count). The summed E-state index contributed by atoms with van der Waals surface area (Å²) in [7, 11) is 3.66. The maximum atomic E-state index is 12.4. The van der Waals surface area contributed by atoms with Gasteiger partial charge in [-0.15, -0.1) is 5.10 Å². The summed E-state index contributed by atoms with van der Waals surface area (Å²) in [6.07, 6.45) is 3.93. The number of nitrogens with zero attached hydrogens (tertiary/aromatic N) is 5. The van der Waals surface area contributed by atoms with Gasteiger partial charge < -0.3 is 10.6 Å². The lowest BCUT2D eigenvalue weighted by atomic mass is 10.1. The molecule has 0 unspecified atom stereocenters. The number of amides is 2. The predicted molar refractivity (Wildman–Crippen MR) is 94.7 cm³/mol. The Bertz CT molecular complexity index is 745. The third kappa shape index (κ3) is 4.05. The van der Waals surface area contributed by atoms with E-state index in [4.69, 9.17) is 0 Å². The number of rotatable bonds is 6. The lowest BCUT2D eigenvalue weighted by molar-refractivity contribution is -0.121. The molecule has 1 saturated heterocycles. The van der Waals surface area contributed by atoms with E-state index in [1.54, 1.807) is 31.3 Å². The molecule has 0 bridgehead atoms. The Morgan fingerprint density at radius 2 is 1.92 bits per heavy atom. The Hall–Kier alpha value is -2.81. The molecule has 2 heterocycles. The van der Waals surface area contributed by atoms with Crippen molar-refractivity contribution < 1.29 is 9.59 Å². The minimum atomic E-state index is -0.114. The molecule has 1 aromatic heterocycles. The largest absolute Gasteiger partial charge is 0.359 e. The number of likely N-dealkylation sites (N-methyl/N-ethyl adjacent to an activating group) is 1. The lowest BCUT2D eigenvalue weighted by Gasteiger charge is -2.25. The fraction of sp³-hybridized carbons (Fsp3) is 0.471. The number of hydrogen-bond donors (Lipinski definition) is 2. The average molecular weight is 357 g/mol. The number of tetrazole rings is 1. The smallest absolute Gasteiger partial charge is 0.251 e. The van der Waals surface area contributed by atoms with Crippen LogP contribution in [0.3, 0.4) is 0 Å². The monoisotopic (exact) mass is 357 g/mol. The van der Waals surface area contributed by atoms with E-state index >= 15 is 0 Å². The SMILES string of the molecule is CNC(=O)C[C@H]1CC[C@@H](CNC(=O)c2ccc(-n3cnnn3)cc2)N1C. The van der Waals surface area contributed by atoms with Gasteiger partial charge in [0.1, 0.15) is 6.33 Å². The Balaban J connectivity index is 1.52. The lowest BCUT2D eigenvalue weighted by Crippen LogP contribution is -2.42. The van der Waals surface area contributed by atoms with Crippen LogP contribution in [0.1, 0.15) is 29.6 Å². The first-order chi connectivity index (χ1) is 12.6. The minimum absolute atomic E-state index is 0.0502. The molecule has 1 aromatic carbocycles. The van der Waals surface area contributed by atoms with Crippen LogP contribution in [-0.4, -0.2) is 69.6 Å². The van der Waals surface area contributed by atoms with Gasteiger partial charge in [0.2, 0.25) is 5.91 Å². The van der Waals surface area contributed by atoms with Crippen LogP contribution in [0.15, 0.2) is 30.6 Å². The van der Waals surface area contributed by atoms with Crippen molar-refractivity contribution in [3.8, 4) is 5.69 Å². The van der Waals surface area contributed by atoms with Gasteiger partial charge in [-0.3, -0.25) is 14.5 Å². The second kappa shape index (κ2) is 8.05. The first-order valence-electron chi connectivity index (χ1n) is 8.62. The van der Waals surface area contributed by atoms with E-state index in [1.807, 2.05) is 7.05 Å². The Morgan fingerprint density at radius 1 is 1.19 bits per heavy atom. The normalized spacial score (nSPS) is 20.1. The van der Waals surface area contributed by atoms with Crippen LogP contribution in [0.25, 0.3) is 5.69 Å². The Kier molecular flexibility index (Phi) is 5.57. The van der Waals surface area contributed by atoms with Crippen molar-refractivity contribution in [2.24, 2.45) is 0 Å². The molecule has 0 radical (unpaired) electrons. The summed E-state index contributed by atoms with van der Waals surface area (Å²) in [5.74, 6) is -0.0642. The van der Waals surface area contributed by atoms with Gasteiger partial charge in [-0.05, 0) is 54.6 Å². The third-order valence-electron chi connectivity index (χ3n) is 4.93. The molecule has 1 fully saturated rings. The summed E-state index contributed by atoms with van der Waals surface area (Å²) in [6.45, 7) is 0.564. The van der Waals surface area contributed by atoms with Crippen LogP contribution in [0, 0.1) is 0 Å². The van der Waals surface area contributed by atoms with Crippen molar-refractivity contribution in [3.63, 3.8) is 0 Å². The van der Waals surface area contributed by atoms with Crippen molar-refractivity contribution in [1.82, 2.24) is 35.7 Å². The molecule has 0 aliphatic carbocycles. The molecule has 0 spiro atoms. The van der Waals surface area contributed by atoms with Crippen LogP contribution in [0.5, 0.6) is 0 Å². The fourth-order valence-electron chi connectivity index (χ4n) is 3.26. The van der Waals surface area contributed by atoms with Crippen LogP contribution in [0.4, 0.5) is 0 Å². The maximum absolute atomic E-state index is 12.4. The molecule has 2 N–H and O–H groups in total. The standard InChI is InChI=1S/C17H23N7O2/c1-18-16(25)9-14-7-8-15(23(14)2)10-19-17(26)12-3-5-13(6-4-12)24-11-20-21-22-24/h3-6,11,14-15H,7-10H2,1-2H3,(H,18,25)(H,19,26)/t14-,15+/m1/s1. The second-order valence-corrected chi connectivity index (χ2v) is 6.44. The maximum Gasteiger partial charge on any atom is 0.251 e. The van der Waals surface area contributed by atoms with Crippen molar-refractivity contribution in [1.29, 1.82) is 0 Å². The zero-order valence-corrected chi connectivity index (χ0v) is 14.9. The molecule has 9 heteroatoms. The van der Waals surface area contributed by atoms with Crippen molar-refractivity contribution in [3.05, 3.63) is 36.2 Å². The van der Waals surface area contributed by atoms with E-state index in [0.717, 1.165) is 18.5 Å². The van der Waals surface area contributed by atoms with E-state index in [-0.39, 0.29) is 23.9 Å². The summed E-state index contributed by atoms with van der Waals surface area (Å²) in [6, 6.07) is 7.57. The van der Waals surface area contributed by atoms with Gasteiger partial charge in [-0.25, -0.2) is 4.68 Å². The number of carbonyl (C=O) groups excluding carboxylic acids is 2. The van der Waals surface area contributed by atoms with E-state index in [0.29, 0.717) is 18.5 Å². The number of benzene rings is 1. The van der Waals surface area contributed by atoms with Gasteiger partial charge in [-0.2, -0.15) is 0 Å². The van der Waals surface area contributed by atoms with E-state index in [9.17, 15) is 9.59 Å². The molecule has 1 aliphatic heterocycles. The van der Waals surface area contributed by atoms with Crippen LogP contribution < -0.4 is 10.6 Å². The Labute approximate surface area is 151 Å². The van der Waals surface area contributed by atoms with Crippen molar-refractivity contribution >= 4 is 11.8 Å². The highest BCUT2D eigenvalue weighted by Crippen LogP contribution is 2.24. The molecule has 26 heavy (non-hydrogen) atoms. The molecule has 2 amide bonds. The highest BCUT2D eigenvalue weighted by Gasteiger charge is 2.31. The van der Waals surface area contributed by atoms with E-state index in [1.165, 1.54) is 11.0 Å². The predicted octanol–water partition coefficient (Wildman–Crippen LogP) is -0.00900. The molecule has 9 nitrogen and oxygen atoms in total. The first-order valence-corrected chi connectivity index (χ1v) is 8.62. The quantitative estimate of drug-likeness (QED) is 0.753. The summed E-state index contributed by atoms with van der Waals surface area (Å²) < 4.78 is 1.53. The van der Waals surface area contributed by atoms with Crippen LogP contribution in [0.2, 0.25) is 0 Å². The highest BCUT2D eigenvalue weighted by molar-refractivity contribution is 5.94. The summed E-state index contributed by atoms with van der Waals surface area (Å²) >= 11 is 0. The van der Waals surface area contributed by atoms with Gasteiger partial charge in [0.05, 0.1) is 5.69 Å². The molecule has 1 aliphatic rings. The number of aromatic nitrogens is 4. The second-order valence-electron chi connectivity index (χ2n) is 6.44. The average Bonchev–Trinajstić information content (AvgIpc) is 3.31. The topological polar surface area (TPSA) is 105 Å². The zero-order valence-electron chi connectivity index (χ0n) is 14.9. The van der Waals surface area contributed by atoms with Gasteiger partial charge in [0.25, 0.3) is 5.91 Å². The number of nitrogens with one attached hydrogen (secondary N) is 2. The number of hydrogen-bond acceptors (Lipinski definition) is 6. The van der Waals surface area contributed by atoms with Crippen molar-refractivity contribution in [2.75, 3.05) is 20.6 Å². The van der Waals surface area contributed by atoms with Crippen molar-refractivity contribution in [2.45, 2.75) is 31.3 Å². The van der Waals surface area contributed by atoms with E-state index in [2.05, 4.69) is 31.1 Å². The molecule has 138 valence electrons. The zero-order chi connectivity index (χ0) is 18.5. The highest BCUT2D eigenvalue weighted by atomic mass is 16.2. The van der Waals surface area contributed by atoms with Gasteiger partial charge >= 0.3 is 0 Å². The molecule has 2 atom stereocenters. The summed E-state index contributed by atoms with van der Waals surface area (Å²) in [5.41, 5.74) is 1.38. The Morgan fingerprint density at radius 3 is 2.58 bits per heavy atom. The van der Waals surface area contributed by atoms with Gasteiger partial charge in [-0.1, -0.05) is 0 Å². The fourth-order valence-corrected chi connectivity index (χ4v) is 3.26. The molecule has 2 aromatic rings. The molecular weight excluding hydrogens is 334 g/mol. The van der Waals surface area contributed by atoms with Crippen LogP contribution in [-0.2, 0) is 4.79 Å². The minimum Gasteiger partial charge on any atom is -0.359 e. The van der Waals surface area contributed by atoms with E-state index < -0.39 is 0 Å². The number of likely N-dealkylation sites (tertiary alicyclic amines) is 1. The summed E-state index contributed by atoms with van der Waals surface area (Å²) in [5, 5.41) is 16.6. The summed E-state index contributed by atoms with van der Waals surface area (Å²) in [4.78, 5) is 26.1. The molecule has 0 saturated carbocycles. The van der Waals surface area contributed by atoms with Gasteiger partial charge in [0, 0.05) is 37.7 Å².